The van der Waals surface area contributed by atoms with Crippen LogP contribution in [0.2, 0.25) is 18.1 Å². The lowest BCUT2D eigenvalue weighted by Gasteiger charge is -2.38. The van der Waals surface area contributed by atoms with Crippen LogP contribution >= 0.6 is 0 Å². The fraction of sp³-hybridized carbons (Fsp3) is 0.467. The van der Waals surface area contributed by atoms with Crippen LogP contribution in [0, 0.1) is 0 Å². The minimum absolute atomic E-state index is 0.321. The number of aromatic nitrogens is 1. The minimum atomic E-state index is -1.57. The summed E-state index contributed by atoms with van der Waals surface area (Å²) in [6, 6.07) is 8.47. The van der Waals surface area contributed by atoms with E-state index in [-0.39, 0.29) is 0 Å². The van der Waals surface area contributed by atoms with Crippen molar-refractivity contribution in [1.82, 2.24) is 4.23 Å². The zero-order valence-electron chi connectivity index (χ0n) is 12.2. The standard InChI is InChI=1S/C15H23NOSi/c1-15(2,3)18(5,6)16-11-10-12-13(16)8-7-9-14(12)17-4/h7-11H,1-6H3. The number of methoxy groups -OCH3 is 1. The fourth-order valence-corrected chi connectivity index (χ4v) is 4.13. The summed E-state index contributed by atoms with van der Waals surface area (Å²) in [5.41, 5.74) is 1.29. The number of nitrogens with zero attached hydrogens (tertiary/aromatic N) is 1. The molecule has 1 aromatic carbocycles. The van der Waals surface area contributed by atoms with Crippen LogP contribution in [0.3, 0.4) is 0 Å². The Balaban J connectivity index is 2.68. The Morgan fingerprint density at radius 1 is 1.11 bits per heavy atom. The minimum Gasteiger partial charge on any atom is -0.496 e. The normalized spacial score (nSPS) is 13.0. The van der Waals surface area contributed by atoms with Gasteiger partial charge in [-0.1, -0.05) is 39.9 Å². The average molecular weight is 261 g/mol. The van der Waals surface area contributed by atoms with Crippen molar-refractivity contribution in [2.45, 2.75) is 38.9 Å². The molecule has 0 aliphatic rings. The molecular formula is C15H23NOSi. The average Bonchev–Trinajstić information content (AvgIpc) is 2.71. The van der Waals surface area contributed by atoms with Gasteiger partial charge in [0.15, 0.2) is 8.24 Å². The molecule has 0 bridgehead atoms. The number of benzene rings is 1. The highest BCUT2D eigenvalue weighted by atomic mass is 28.3. The van der Waals surface area contributed by atoms with E-state index >= 15 is 0 Å². The first-order valence-corrected chi connectivity index (χ1v) is 9.38. The number of ether oxygens (including phenoxy) is 1. The first kappa shape index (κ1) is 13.2. The van der Waals surface area contributed by atoms with Crippen molar-refractivity contribution in [1.29, 1.82) is 0 Å². The van der Waals surface area contributed by atoms with Crippen LogP contribution < -0.4 is 4.74 Å². The highest BCUT2D eigenvalue weighted by molar-refractivity contribution is 6.79. The van der Waals surface area contributed by atoms with E-state index in [4.69, 9.17) is 4.74 Å². The predicted molar refractivity (Wildman–Crippen MR) is 81.1 cm³/mol. The van der Waals surface area contributed by atoms with Crippen LogP contribution in [0.4, 0.5) is 0 Å². The van der Waals surface area contributed by atoms with E-state index < -0.39 is 8.24 Å². The Bertz CT molecular complexity index is 563. The molecule has 1 heterocycles. The summed E-state index contributed by atoms with van der Waals surface area (Å²) in [4.78, 5) is 0. The molecule has 1 aromatic heterocycles. The molecule has 0 saturated carbocycles. The lowest BCUT2D eigenvalue weighted by atomic mass is 10.2. The van der Waals surface area contributed by atoms with Gasteiger partial charge in [-0.25, -0.2) is 0 Å². The highest BCUT2D eigenvalue weighted by Crippen LogP contribution is 2.39. The Hall–Kier alpha value is -1.22. The first-order valence-electron chi connectivity index (χ1n) is 6.43. The monoisotopic (exact) mass is 261 g/mol. The Morgan fingerprint density at radius 2 is 1.78 bits per heavy atom. The van der Waals surface area contributed by atoms with Gasteiger partial charge in [0.1, 0.15) is 5.75 Å². The molecule has 2 aromatic rings. The Labute approximate surface area is 111 Å². The van der Waals surface area contributed by atoms with Crippen LogP contribution in [0.15, 0.2) is 30.5 Å². The molecule has 0 atom stereocenters. The van der Waals surface area contributed by atoms with E-state index in [2.05, 4.69) is 62.5 Å². The smallest absolute Gasteiger partial charge is 0.161 e. The molecule has 2 rings (SSSR count). The van der Waals surface area contributed by atoms with Gasteiger partial charge in [-0.05, 0) is 29.4 Å². The summed E-state index contributed by atoms with van der Waals surface area (Å²) in [5, 5.41) is 1.53. The summed E-state index contributed by atoms with van der Waals surface area (Å²) in [7, 11) is 0.167. The molecule has 2 nitrogen and oxygen atoms in total. The lowest BCUT2D eigenvalue weighted by molar-refractivity contribution is 0.420. The summed E-state index contributed by atoms with van der Waals surface area (Å²) in [5.74, 6) is 0.963. The van der Waals surface area contributed by atoms with E-state index in [1.54, 1.807) is 7.11 Å². The number of hydrogen-bond acceptors (Lipinski definition) is 1. The molecule has 0 unspecified atom stereocenters. The molecule has 0 N–H and O–H groups in total. The van der Waals surface area contributed by atoms with Crippen molar-refractivity contribution in [3.63, 3.8) is 0 Å². The van der Waals surface area contributed by atoms with Crippen molar-refractivity contribution in [2.75, 3.05) is 7.11 Å². The zero-order valence-corrected chi connectivity index (χ0v) is 13.2. The van der Waals surface area contributed by atoms with Gasteiger partial charge in [-0.15, -0.1) is 0 Å². The second-order valence-corrected chi connectivity index (χ2v) is 11.5. The van der Waals surface area contributed by atoms with E-state index in [1.165, 1.54) is 10.9 Å². The predicted octanol–water partition coefficient (Wildman–Crippen LogP) is 4.50. The van der Waals surface area contributed by atoms with Crippen molar-refractivity contribution in [2.24, 2.45) is 0 Å². The van der Waals surface area contributed by atoms with Gasteiger partial charge in [-0.2, -0.15) is 0 Å². The van der Waals surface area contributed by atoms with E-state index in [9.17, 15) is 0 Å². The number of rotatable bonds is 2. The maximum atomic E-state index is 5.44. The third-order valence-corrected chi connectivity index (χ3v) is 9.62. The van der Waals surface area contributed by atoms with Gasteiger partial charge < -0.3 is 8.97 Å². The molecule has 0 radical (unpaired) electrons. The third-order valence-electron chi connectivity index (χ3n) is 4.35. The fourth-order valence-electron chi connectivity index (χ4n) is 2.17. The number of hydrogen-bond donors (Lipinski definition) is 0. The molecule has 0 saturated heterocycles. The molecule has 0 aliphatic heterocycles. The van der Waals surface area contributed by atoms with E-state index in [0.29, 0.717) is 5.04 Å². The van der Waals surface area contributed by atoms with Crippen LogP contribution in [-0.4, -0.2) is 19.6 Å². The van der Waals surface area contributed by atoms with E-state index in [1.807, 2.05) is 6.07 Å². The maximum absolute atomic E-state index is 5.44. The molecule has 0 aliphatic carbocycles. The topological polar surface area (TPSA) is 14.2 Å². The summed E-state index contributed by atoms with van der Waals surface area (Å²) >= 11 is 0. The van der Waals surface area contributed by atoms with Gasteiger partial charge in [0.2, 0.25) is 0 Å². The third kappa shape index (κ3) is 1.87. The van der Waals surface area contributed by atoms with Crippen LogP contribution in [0.1, 0.15) is 20.8 Å². The quantitative estimate of drug-likeness (QED) is 0.726. The Morgan fingerprint density at radius 3 is 2.33 bits per heavy atom. The largest absolute Gasteiger partial charge is 0.496 e. The van der Waals surface area contributed by atoms with Gasteiger partial charge in [-0.3, -0.25) is 0 Å². The first-order chi connectivity index (χ1) is 8.29. The van der Waals surface area contributed by atoms with Gasteiger partial charge in [0, 0.05) is 10.9 Å². The van der Waals surface area contributed by atoms with Crippen molar-refractivity contribution >= 4 is 19.1 Å². The van der Waals surface area contributed by atoms with Crippen LogP contribution in [0.5, 0.6) is 5.75 Å². The molecular weight excluding hydrogens is 238 g/mol. The Kier molecular flexibility index (Phi) is 3.05. The van der Waals surface area contributed by atoms with Crippen molar-refractivity contribution < 1.29 is 4.74 Å². The molecule has 18 heavy (non-hydrogen) atoms. The van der Waals surface area contributed by atoms with Crippen molar-refractivity contribution in [3.05, 3.63) is 30.5 Å². The molecule has 0 amide bonds. The second kappa shape index (κ2) is 4.16. The molecule has 3 heteroatoms. The van der Waals surface area contributed by atoms with Gasteiger partial charge >= 0.3 is 0 Å². The highest BCUT2D eigenvalue weighted by Gasteiger charge is 2.38. The van der Waals surface area contributed by atoms with Crippen LogP contribution in [0.25, 0.3) is 10.9 Å². The number of fused-ring (bicyclic) bond motifs is 1. The van der Waals surface area contributed by atoms with Crippen molar-refractivity contribution in [3.8, 4) is 5.75 Å². The summed E-state index contributed by atoms with van der Waals surface area (Å²) in [6.07, 6.45) is 2.23. The molecule has 0 spiro atoms. The summed E-state index contributed by atoms with van der Waals surface area (Å²) < 4.78 is 7.93. The SMILES string of the molecule is COc1cccc2c1ccn2[Si](C)(C)C(C)(C)C. The molecule has 98 valence electrons. The van der Waals surface area contributed by atoms with Gasteiger partial charge in [0.25, 0.3) is 0 Å². The second-order valence-electron chi connectivity index (χ2n) is 6.39. The zero-order chi connectivity index (χ0) is 13.6. The summed E-state index contributed by atoms with van der Waals surface area (Å²) in [6.45, 7) is 11.9. The molecule has 0 fully saturated rings. The lowest BCUT2D eigenvalue weighted by Crippen LogP contribution is -2.44. The van der Waals surface area contributed by atoms with Crippen LogP contribution in [-0.2, 0) is 0 Å². The van der Waals surface area contributed by atoms with E-state index in [0.717, 1.165) is 5.75 Å². The van der Waals surface area contributed by atoms with Gasteiger partial charge in [0.05, 0.1) is 7.11 Å². The maximum Gasteiger partial charge on any atom is 0.161 e.